The van der Waals surface area contributed by atoms with Crippen molar-refractivity contribution in [3.8, 4) is 0 Å². The van der Waals surface area contributed by atoms with Crippen molar-refractivity contribution in [2.24, 2.45) is 11.3 Å². The van der Waals surface area contributed by atoms with Crippen LogP contribution in [0.2, 0.25) is 0 Å². The SMILES string of the molecule is O=C1N(CC2CC2)CC(O)CC12CCN(c1nccc3ncccc13)CC2. The zero-order chi connectivity index (χ0) is 18.4. The van der Waals surface area contributed by atoms with Gasteiger partial charge in [0.1, 0.15) is 5.82 Å². The summed E-state index contributed by atoms with van der Waals surface area (Å²) in [7, 11) is 0. The smallest absolute Gasteiger partial charge is 0.229 e. The molecule has 2 aromatic heterocycles. The van der Waals surface area contributed by atoms with Crippen LogP contribution in [-0.2, 0) is 4.79 Å². The highest BCUT2D eigenvalue weighted by atomic mass is 16.3. The number of aliphatic hydroxyl groups is 1. The van der Waals surface area contributed by atoms with E-state index >= 15 is 0 Å². The van der Waals surface area contributed by atoms with E-state index in [-0.39, 0.29) is 5.91 Å². The molecule has 4 heterocycles. The average molecular weight is 366 g/mol. The molecule has 0 bridgehead atoms. The number of piperidine rings is 2. The van der Waals surface area contributed by atoms with Gasteiger partial charge >= 0.3 is 0 Å². The van der Waals surface area contributed by atoms with Gasteiger partial charge in [-0.15, -0.1) is 0 Å². The Bertz CT molecular complexity index is 851. The number of β-amino-alcohol motifs (C(OH)–C–C–N with tert-alkyl or cyclic N) is 1. The van der Waals surface area contributed by atoms with Gasteiger partial charge in [-0.25, -0.2) is 4.98 Å². The molecule has 2 aliphatic heterocycles. The van der Waals surface area contributed by atoms with Crippen molar-refractivity contribution in [2.75, 3.05) is 31.1 Å². The predicted octanol–water partition coefficient (Wildman–Crippen LogP) is 2.22. The van der Waals surface area contributed by atoms with Crippen molar-refractivity contribution in [3.05, 3.63) is 30.6 Å². The Morgan fingerprint density at radius 1 is 1.15 bits per heavy atom. The summed E-state index contributed by atoms with van der Waals surface area (Å²) in [5.41, 5.74) is 0.550. The number of fused-ring (bicyclic) bond motifs is 1. The van der Waals surface area contributed by atoms with E-state index in [1.165, 1.54) is 12.8 Å². The number of pyridine rings is 2. The minimum Gasteiger partial charge on any atom is -0.391 e. The topological polar surface area (TPSA) is 69.6 Å². The van der Waals surface area contributed by atoms with E-state index in [0.29, 0.717) is 18.9 Å². The maximum atomic E-state index is 13.2. The molecule has 1 atom stereocenters. The van der Waals surface area contributed by atoms with Crippen LogP contribution in [0, 0.1) is 11.3 Å². The summed E-state index contributed by atoms with van der Waals surface area (Å²) in [5, 5.41) is 11.5. The van der Waals surface area contributed by atoms with Crippen LogP contribution in [0.25, 0.3) is 10.9 Å². The van der Waals surface area contributed by atoms with E-state index in [1.807, 2.05) is 23.2 Å². The molecule has 5 rings (SSSR count). The molecule has 142 valence electrons. The molecule has 6 nitrogen and oxygen atoms in total. The Balaban J connectivity index is 1.36. The lowest BCUT2D eigenvalue weighted by Crippen LogP contribution is -2.58. The number of carbonyl (C=O) groups is 1. The molecule has 1 spiro atoms. The molecule has 1 amide bonds. The van der Waals surface area contributed by atoms with Crippen molar-refractivity contribution in [1.82, 2.24) is 14.9 Å². The summed E-state index contributed by atoms with van der Waals surface area (Å²) in [4.78, 5) is 26.5. The van der Waals surface area contributed by atoms with E-state index in [4.69, 9.17) is 0 Å². The summed E-state index contributed by atoms with van der Waals surface area (Å²) in [5.74, 6) is 1.88. The maximum absolute atomic E-state index is 13.2. The Kier molecular flexibility index (Phi) is 4.04. The number of aromatic nitrogens is 2. The Morgan fingerprint density at radius 3 is 2.74 bits per heavy atom. The molecule has 1 unspecified atom stereocenters. The zero-order valence-electron chi connectivity index (χ0n) is 15.5. The minimum atomic E-state index is -0.397. The number of amides is 1. The molecular weight excluding hydrogens is 340 g/mol. The molecule has 1 aliphatic carbocycles. The van der Waals surface area contributed by atoms with E-state index < -0.39 is 11.5 Å². The van der Waals surface area contributed by atoms with E-state index in [9.17, 15) is 9.90 Å². The first-order valence-electron chi connectivity index (χ1n) is 10.1. The number of nitrogens with zero attached hydrogens (tertiary/aromatic N) is 4. The first kappa shape index (κ1) is 16.9. The molecule has 0 aromatic carbocycles. The lowest BCUT2D eigenvalue weighted by Gasteiger charge is -2.48. The van der Waals surface area contributed by atoms with Crippen LogP contribution in [0.1, 0.15) is 32.1 Å². The highest BCUT2D eigenvalue weighted by Gasteiger charge is 2.49. The van der Waals surface area contributed by atoms with E-state index in [2.05, 4.69) is 20.9 Å². The zero-order valence-corrected chi connectivity index (χ0v) is 15.5. The lowest BCUT2D eigenvalue weighted by atomic mass is 9.70. The van der Waals surface area contributed by atoms with Gasteiger partial charge in [-0.3, -0.25) is 9.78 Å². The molecule has 1 saturated carbocycles. The van der Waals surface area contributed by atoms with Crippen LogP contribution in [0.3, 0.4) is 0 Å². The summed E-state index contributed by atoms with van der Waals surface area (Å²) < 4.78 is 0. The van der Waals surface area contributed by atoms with Crippen LogP contribution in [0.5, 0.6) is 0 Å². The highest BCUT2D eigenvalue weighted by Crippen LogP contribution is 2.43. The van der Waals surface area contributed by atoms with Gasteiger partial charge in [0.25, 0.3) is 0 Å². The molecule has 6 heteroatoms. The Hall–Kier alpha value is -2.21. The van der Waals surface area contributed by atoms with E-state index in [0.717, 1.165) is 49.2 Å². The summed E-state index contributed by atoms with van der Waals surface area (Å²) in [6, 6.07) is 5.93. The van der Waals surface area contributed by atoms with E-state index in [1.54, 1.807) is 6.20 Å². The van der Waals surface area contributed by atoms with Gasteiger partial charge in [-0.1, -0.05) is 0 Å². The van der Waals surface area contributed by atoms with Crippen molar-refractivity contribution in [2.45, 2.75) is 38.2 Å². The van der Waals surface area contributed by atoms with Crippen molar-refractivity contribution < 1.29 is 9.90 Å². The lowest BCUT2D eigenvalue weighted by molar-refractivity contribution is -0.154. The second kappa shape index (κ2) is 6.44. The van der Waals surface area contributed by atoms with Crippen LogP contribution < -0.4 is 4.90 Å². The minimum absolute atomic E-state index is 0.270. The molecule has 3 fully saturated rings. The van der Waals surface area contributed by atoms with Crippen molar-refractivity contribution >= 4 is 22.6 Å². The molecule has 3 aliphatic rings. The number of hydrogen-bond donors (Lipinski definition) is 1. The van der Waals surface area contributed by atoms with Gasteiger partial charge < -0.3 is 14.9 Å². The quantitative estimate of drug-likeness (QED) is 0.902. The fourth-order valence-electron chi connectivity index (χ4n) is 4.85. The average Bonchev–Trinajstić information content (AvgIpc) is 3.50. The molecule has 0 radical (unpaired) electrons. The first-order chi connectivity index (χ1) is 13.1. The highest BCUT2D eigenvalue weighted by molar-refractivity contribution is 5.89. The van der Waals surface area contributed by atoms with Crippen molar-refractivity contribution in [1.29, 1.82) is 0 Å². The van der Waals surface area contributed by atoms with Gasteiger partial charge in [0, 0.05) is 44.0 Å². The van der Waals surface area contributed by atoms with Gasteiger partial charge in [-0.05, 0) is 56.2 Å². The van der Waals surface area contributed by atoms with Crippen LogP contribution in [0.15, 0.2) is 30.6 Å². The predicted molar refractivity (Wildman–Crippen MR) is 103 cm³/mol. The maximum Gasteiger partial charge on any atom is 0.229 e. The normalized spacial score (nSPS) is 25.4. The van der Waals surface area contributed by atoms with Gasteiger partial charge in [0.05, 0.1) is 17.0 Å². The molecule has 2 saturated heterocycles. The summed E-state index contributed by atoms with van der Waals surface area (Å²) >= 11 is 0. The largest absolute Gasteiger partial charge is 0.391 e. The molecule has 2 aromatic rings. The molecule has 1 N–H and O–H groups in total. The van der Waals surface area contributed by atoms with Gasteiger partial charge in [0.2, 0.25) is 5.91 Å². The first-order valence-corrected chi connectivity index (χ1v) is 10.1. The third-order valence-electron chi connectivity index (χ3n) is 6.50. The Morgan fingerprint density at radius 2 is 1.96 bits per heavy atom. The number of hydrogen-bond acceptors (Lipinski definition) is 5. The molecular formula is C21H26N4O2. The third kappa shape index (κ3) is 3.06. The number of likely N-dealkylation sites (tertiary alicyclic amines) is 1. The number of rotatable bonds is 3. The second-order valence-electron chi connectivity index (χ2n) is 8.48. The fraction of sp³-hybridized carbons (Fsp3) is 0.571. The standard InChI is InChI=1S/C21H26N4O2/c26-16-12-21(20(27)25(14-16)13-15-3-4-15)6-10-24(11-7-21)19-17-2-1-8-22-18(17)5-9-23-19/h1-2,5,8-9,15-16,26H,3-4,6-7,10-14H2. The van der Waals surface area contributed by atoms with Gasteiger partial charge in [0.15, 0.2) is 0 Å². The number of carbonyl (C=O) groups excluding carboxylic acids is 1. The third-order valence-corrected chi connectivity index (χ3v) is 6.50. The number of aliphatic hydroxyl groups excluding tert-OH is 1. The number of anilines is 1. The van der Waals surface area contributed by atoms with Crippen LogP contribution >= 0.6 is 0 Å². The molecule has 27 heavy (non-hydrogen) atoms. The van der Waals surface area contributed by atoms with Crippen molar-refractivity contribution in [3.63, 3.8) is 0 Å². The van der Waals surface area contributed by atoms with Crippen LogP contribution in [0.4, 0.5) is 5.82 Å². The summed E-state index contributed by atoms with van der Waals surface area (Å²) in [6.07, 6.45) is 7.82. The second-order valence-corrected chi connectivity index (χ2v) is 8.48. The van der Waals surface area contributed by atoms with Gasteiger partial charge in [-0.2, -0.15) is 0 Å². The Labute approximate surface area is 159 Å². The van der Waals surface area contributed by atoms with Crippen LogP contribution in [-0.4, -0.2) is 58.2 Å². The monoisotopic (exact) mass is 366 g/mol. The fourth-order valence-corrected chi connectivity index (χ4v) is 4.85. The summed E-state index contributed by atoms with van der Waals surface area (Å²) in [6.45, 7) is 2.92.